The van der Waals surface area contributed by atoms with E-state index >= 15 is 0 Å². The van der Waals surface area contributed by atoms with Gasteiger partial charge in [-0.1, -0.05) is 40.3 Å². The first kappa shape index (κ1) is 11.5. The monoisotopic (exact) mass is 294 g/mol. The fraction of sp³-hybridized carbons (Fsp3) is 0.167. The highest BCUT2D eigenvalue weighted by Crippen LogP contribution is 2.12. The summed E-state index contributed by atoms with van der Waals surface area (Å²) in [5.74, 6) is 0.910. The standard InChI is InChI=1S/C12H11BrN2S/c1-8-6-12(16)15-11(14-8)7-9-2-4-10(13)5-3-9/h2-6H,7H2,1H3,(H,14,15,16). The van der Waals surface area contributed by atoms with Crippen LogP contribution in [0.25, 0.3) is 0 Å². The van der Waals surface area contributed by atoms with Crippen LogP contribution in [0.5, 0.6) is 0 Å². The van der Waals surface area contributed by atoms with Gasteiger partial charge in [0.05, 0.1) is 0 Å². The Morgan fingerprint density at radius 2 is 2.00 bits per heavy atom. The number of hydrogen-bond donors (Lipinski definition) is 1. The molecule has 1 N–H and O–H groups in total. The van der Waals surface area contributed by atoms with Gasteiger partial charge < -0.3 is 4.98 Å². The Morgan fingerprint density at radius 3 is 2.62 bits per heavy atom. The van der Waals surface area contributed by atoms with Gasteiger partial charge in [0.15, 0.2) is 0 Å². The number of rotatable bonds is 2. The number of benzene rings is 1. The van der Waals surface area contributed by atoms with Crippen molar-refractivity contribution in [2.75, 3.05) is 0 Å². The summed E-state index contributed by atoms with van der Waals surface area (Å²) in [6.07, 6.45) is 0.776. The van der Waals surface area contributed by atoms with Crippen molar-refractivity contribution in [3.8, 4) is 0 Å². The lowest BCUT2D eigenvalue weighted by atomic mass is 10.1. The topological polar surface area (TPSA) is 28.7 Å². The van der Waals surface area contributed by atoms with Gasteiger partial charge >= 0.3 is 0 Å². The molecule has 2 rings (SSSR count). The Morgan fingerprint density at radius 1 is 1.31 bits per heavy atom. The van der Waals surface area contributed by atoms with Crippen molar-refractivity contribution in [2.45, 2.75) is 13.3 Å². The van der Waals surface area contributed by atoms with Crippen molar-refractivity contribution in [3.63, 3.8) is 0 Å². The number of aromatic nitrogens is 2. The van der Waals surface area contributed by atoms with Crippen LogP contribution in [0, 0.1) is 11.6 Å². The van der Waals surface area contributed by atoms with Gasteiger partial charge in [-0.3, -0.25) is 0 Å². The molecule has 82 valence electrons. The first-order valence-corrected chi connectivity index (χ1v) is 6.15. The molecule has 0 aliphatic rings. The second-order valence-electron chi connectivity index (χ2n) is 3.65. The molecule has 0 aliphatic carbocycles. The summed E-state index contributed by atoms with van der Waals surface area (Å²) in [4.78, 5) is 7.52. The van der Waals surface area contributed by atoms with E-state index in [1.54, 1.807) is 0 Å². The zero-order chi connectivity index (χ0) is 11.5. The molecule has 0 unspecified atom stereocenters. The molecule has 2 aromatic rings. The minimum Gasteiger partial charge on any atom is -0.347 e. The van der Waals surface area contributed by atoms with Gasteiger partial charge in [0, 0.05) is 16.6 Å². The van der Waals surface area contributed by atoms with Crippen molar-refractivity contribution in [1.82, 2.24) is 9.97 Å². The number of halogens is 1. The predicted octanol–water partition coefficient (Wildman–Crippen LogP) is 3.80. The molecule has 0 radical (unpaired) electrons. The molecule has 0 fully saturated rings. The molecule has 1 heterocycles. The van der Waals surface area contributed by atoms with Gasteiger partial charge in [-0.25, -0.2) is 4.98 Å². The average molecular weight is 295 g/mol. The molecular weight excluding hydrogens is 284 g/mol. The van der Waals surface area contributed by atoms with Crippen molar-refractivity contribution in [1.29, 1.82) is 0 Å². The minimum atomic E-state index is 0.642. The zero-order valence-corrected chi connectivity index (χ0v) is 11.2. The van der Waals surface area contributed by atoms with E-state index in [1.165, 1.54) is 5.56 Å². The molecule has 0 atom stereocenters. The number of H-pyrrole nitrogens is 1. The smallest absolute Gasteiger partial charge is 0.129 e. The first-order chi connectivity index (χ1) is 7.63. The van der Waals surface area contributed by atoms with E-state index in [0.29, 0.717) is 4.64 Å². The quantitative estimate of drug-likeness (QED) is 0.854. The summed E-state index contributed by atoms with van der Waals surface area (Å²) in [5, 5.41) is 0. The lowest BCUT2D eigenvalue weighted by Crippen LogP contribution is -1.98. The summed E-state index contributed by atoms with van der Waals surface area (Å²) in [6.45, 7) is 1.99. The van der Waals surface area contributed by atoms with Crippen LogP contribution in [0.15, 0.2) is 34.8 Å². The Labute approximate surface area is 108 Å². The molecule has 0 bridgehead atoms. The maximum atomic E-state index is 5.09. The third kappa shape index (κ3) is 3.00. The average Bonchev–Trinajstić information content (AvgIpc) is 2.20. The van der Waals surface area contributed by atoms with E-state index in [-0.39, 0.29) is 0 Å². The van der Waals surface area contributed by atoms with Crippen LogP contribution < -0.4 is 0 Å². The molecule has 16 heavy (non-hydrogen) atoms. The first-order valence-electron chi connectivity index (χ1n) is 4.95. The number of nitrogens with zero attached hydrogens (tertiary/aromatic N) is 1. The van der Waals surface area contributed by atoms with Crippen LogP contribution in [0.1, 0.15) is 17.1 Å². The maximum Gasteiger partial charge on any atom is 0.129 e. The van der Waals surface area contributed by atoms with Crippen molar-refractivity contribution >= 4 is 28.1 Å². The number of hydrogen-bond acceptors (Lipinski definition) is 2. The van der Waals surface area contributed by atoms with Gasteiger partial charge in [0.1, 0.15) is 10.5 Å². The molecule has 1 aromatic heterocycles. The van der Waals surface area contributed by atoms with E-state index in [4.69, 9.17) is 12.2 Å². The third-order valence-electron chi connectivity index (χ3n) is 2.21. The molecule has 0 saturated heterocycles. The molecular formula is C12H11BrN2S. The molecule has 1 aromatic carbocycles. The number of aryl methyl sites for hydroxylation is 1. The summed E-state index contributed by atoms with van der Waals surface area (Å²) < 4.78 is 1.73. The second-order valence-corrected chi connectivity index (χ2v) is 4.99. The van der Waals surface area contributed by atoms with Crippen LogP contribution in [0.2, 0.25) is 0 Å². The van der Waals surface area contributed by atoms with E-state index in [1.807, 2.05) is 25.1 Å². The third-order valence-corrected chi connectivity index (χ3v) is 2.95. The fourth-order valence-electron chi connectivity index (χ4n) is 1.52. The molecule has 0 aliphatic heterocycles. The van der Waals surface area contributed by atoms with Gasteiger partial charge in [-0.05, 0) is 30.7 Å². The highest BCUT2D eigenvalue weighted by Gasteiger charge is 1.99. The van der Waals surface area contributed by atoms with E-state index < -0.39 is 0 Å². The summed E-state index contributed by atoms with van der Waals surface area (Å²) in [7, 11) is 0. The van der Waals surface area contributed by atoms with Crippen LogP contribution in [-0.4, -0.2) is 9.97 Å². The minimum absolute atomic E-state index is 0.642. The highest BCUT2D eigenvalue weighted by molar-refractivity contribution is 9.10. The normalized spacial score (nSPS) is 10.4. The zero-order valence-electron chi connectivity index (χ0n) is 8.83. The maximum absolute atomic E-state index is 5.09. The van der Waals surface area contributed by atoms with Crippen LogP contribution >= 0.6 is 28.1 Å². The summed E-state index contributed by atoms with van der Waals surface area (Å²) in [6, 6.07) is 10.1. The number of nitrogens with one attached hydrogen (secondary N) is 1. The Balaban J connectivity index is 2.26. The Hall–Kier alpha value is -1.00. The summed E-state index contributed by atoms with van der Waals surface area (Å²) >= 11 is 8.50. The Bertz CT molecular complexity index is 546. The van der Waals surface area contributed by atoms with Crippen molar-refractivity contribution < 1.29 is 0 Å². The SMILES string of the molecule is Cc1cc(=S)nc(Cc2ccc(Br)cc2)[nH]1. The van der Waals surface area contributed by atoms with Gasteiger partial charge in [-0.15, -0.1) is 0 Å². The van der Waals surface area contributed by atoms with Crippen LogP contribution in [0.3, 0.4) is 0 Å². The van der Waals surface area contributed by atoms with Crippen LogP contribution in [0.4, 0.5) is 0 Å². The van der Waals surface area contributed by atoms with Crippen molar-refractivity contribution in [2.24, 2.45) is 0 Å². The Kier molecular flexibility index (Phi) is 3.51. The van der Waals surface area contributed by atoms with Gasteiger partial charge in [0.25, 0.3) is 0 Å². The lowest BCUT2D eigenvalue weighted by Gasteiger charge is -2.03. The molecule has 4 heteroatoms. The van der Waals surface area contributed by atoms with E-state index in [9.17, 15) is 0 Å². The largest absolute Gasteiger partial charge is 0.347 e. The predicted molar refractivity (Wildman–Crippen MR) is 71.1 cm³/mol. The van der Waals surface area contributed by atoms with Crippen molar-refractivity contribution in [3.05, 3.63) is 56.5 Å². The number of aromatic amines is 1. The summed E-state index contributed by atoms with van der Waals surface area (Å²) in [5.41, 5.74) is 2.26. The van der Waals surface area contributed by atoms with E-state index in [0.717, 1.165) is 22.4 Å². The molecule has 0 amide bonds. The van der Waals surface area contributed by atoms with Crippen LogP contribution in [-0.2, 0) is 6.42 Å². The van der Waals surface area contributed by atoms with Gasteiger partial charge in [0.2, 0.25) is 0 Å². The van der Waals surface area contributed by atoms with E-state index in [2.05, 4.69) is 38.0 Å². The second kappa shape index (κ2) is 4.89. The molecule has 2 nitrogen and oxygen atoms in total. The molecule has 0 saturated carbocycles. The lowest BCUT2D eigenvalue weighted by molar-refractivity contribution is 0.934. The fourth-order valence-corrected chi connectivity index (χ4v) is 2.07. The highest BCUT2D eigenvalue weighted by atomic mass is 79.9. The molecule has 0 spiro atoms. The van der Waals surface area contributed by atoms with Gasteiger partial charge in [-0.2, -0.15) is 0 Å².